The lowest BCUT2D eigenvalue weighted by atomic mass is 10.1. The maximum absolute atomic E-state index is 13.4. The first kappa shape index (κ1) is 23.8. The molecule has 0 spiro atoms. The molecule has 2 aliphatic heterocycles. The predicted octanol–water partition coefficient (Wildman–Crippen LogP) is 3.97. The number of carbonyl (C=O) groups excluding carboxylic acids is 2. The molecular formula is C28H25N3O4S. The summed E-state index contributed by atoms with van der Waals surface area (Å²) in [4.78, 5) is 30.8. The van der Waals surface area contributed by atoms with Crippen LogP contribution in [0.2, 0.25) is 0 Å². The van der Waals surface area contributed by atoms with E-state index in [0.717, 1.165) is 10.5 Å². The van der Waals surface area contributed by atoms with Crippen molar-refractivity contribution in [2.24, 2.45) is 0 Å². The number of hydrogen-bond donors (Lipinski definition) is 0. The molecule has 2 heterocycles. The van der Waals surface area contributed by atoms with Crippen molar-refractivity contribution in [2.45, 2.75) is 16.8 Å². The maximum Gasteiger partial charge on any atom is 0.267 e. The molecule has 8 heteroatoms. The summed E-state index contributed by atoms with van der Waals surface area (Å²) in [5.41, 5.74) is 2.38. The molecule has 5 rings (SSSR count). The van der Waals surface area contributed by atoms with Gasteiger partial charge in [-0.2, -0.15) is 5.26 Å². The maximum atomic E-state index is 13.4. The Morgan fingerprint density at radius 3 is 2.31 bits per heavy atom. The van der Waals surface area contributed by atoms with Crippen LogP contribution in [0.3, 0.4) is 0 Å². The Hall–Kier alpha value is -3.96. The molecule has 2 aliphatic rings. The van der Waals surface area contributed by atoms with Crippen molar-refractivity contribution in [3.63, 3.8) is 0 Å². The van der Waals surface area contributed by atoms with Crippen molar-refractivity contribution < 1.29 is 19.1 Å². The number of piperazine rings is 1. The zero-order valence-electron chi connectivity index (χ0n) is 19.6. The Balaban J connectivity index is 1.18. The quantitative estimate of drug-likeness (QED) is 0.494. The van der Waals surface area contributed by atoms with Gasteiger partial charge < -0.3 is 19.3 Å². The summed E-state index contributed by atoms with van der Waals surface area (Å²) in [7, 11) is 0. The molecule has 182 valence electrons. The number of para-hydroxylation sites is 2. The molecule has 0 N–H and O–H groups in total. The monoisotopic (exact) mass is 499 g/mol. The lowest BCUT2D eigenvalue weighted by molar-refractivity contribution is -0.142. The summed E-state index contributed by atoms with van der Waals surface area (Å²) in [5.74, 6) is 1.77. The fraction of sp³-hybridized carbons (Fsp3) is 0.250. The van der Waals surface area contributed by atoms with Gasteiger partial charge >= 0.3 is 0 Å². The van der Waals surface area contributed by atoms with E-state index in [4.69, 9.17) is 14.7 Å². The van der Waals surface area contributed by atoms with E-state index in [-0.39, 0.29) is 18.4 Å². The highest BCUT2D eigenvalue weighted by Crippen LogP contribution is 2.32. The second-order valence-electron chi connectivity index (χ2n) is 8.58. The highest BCUT2D eigenvalue weighted by molar-refractivity contribution is 7.98. The molecule has 1 saturated heterocycles. The normalized spacial score (nSPS) is 16.8. The second kappa shape index (κ2) is 10.8. The van der Waals surface area contributed by atoms with E-state index >= 15 is 0 Å². The average Bonchev–Trinajstić information content (AvgIpc) is 2.95. The lowest BCUT2D eigenvalue weighted by Crippen LogP contribution is -2.55. The number of nitriles is 1. The van der Waals surface area contributed by atoms with Crippen LogP contribution >= 0.6 is 11.8 Å². The third-order valence-corrected chi connectivity index (χ3v) is 7.40. The van der Waals surface area contributed by atoms with E-state index in [0.29, 0.717) is 54.6 Å². The summed E-state index contributed by atoms with van der Waals surface area (Å²) >= 11 is 1.60. The SMILES string of the molecule is N#Cc1ccc(CSc2ccccc2C(=O)N2CCN(C(=O)[C@H]3COc4ccccc4O3)CC2)cc1. The topological polar surface area (TPSA) is 82.9 Å². The third-order valence-electron chi connectivity index (χ3n) is 6.26. The van der Waals surface area contributed by atoms with Gasteiger partial charge in [0.25, 0.3) is 11.8 Å². The highest BCUT2D eigenvalue weighted by atomic mass is 32.2. The molecule has 0 bridgehead atoms. The average molecular weight is 500 g/mol. The van der Waals surface area contributed by atoms with Gasteiger partial charge in [0.15, 0.2) is 11.5 Å². The summed E-state index contributed by atoms with van der Waals surface area (Å²) in [6.45, 7) is 2.00. The van der Waals surface area contributed by atoms with Gasteiger partial charge in [0.1, 0.15) is 6.61 Å². The largest absolute Gasteiger partial charge is 0.485 e. The number of benzene rings is 3. The van der Waals surface area contributed by atoms with E-state index in [2.05, 4.69) is 6.07 Å². The summed E-state index contributed by atoms with van der Waals surface area (Å²) in [6, 6.07) is 24.5. The predicted molar refractivity (Wildman–Crippen MR) is 136 cm³/mol. The molecule has 3 aromatic rings. The molecule has 36 heavy (non-hydrogen) atoms. The molecular weight excluding hydrogens is 474 g/mol. The molecule has 0 aromatic heterocycles. The van der Waals surface area contributed by atoms with E-state index in [1.807, 2.05) is 54.6 Å². The number of hydrogen-bond acceptors (Lipinski definition) is 6. The van der Waals surface area contributed by atoms with E-state index in [1.54, 1.807) is 39.8 Å². The minimum atomic E-state index is -0.679. The van der Waals surface area contributed by atoms with Crippen molar-refractivity contribution in [3.8, 4) is 17.6 Å². The first-order chi connectivity index (χ1) is 17.6. The number of fused-ring (bicyclic) bond motifs is 1. The molecule has 2 amide bonds. The van der Waals surface area contributed by atoms with Gasteiger partial charge in [0.05, 0.1) is 17.2 Å². The molecule has 1 fully saturated rings. The van der Waals surface area contributed by atoms with Gasteiger partial charge in [-0.15, -0.1) is 11.8 Å². The highest BCUT2D eigenvalue weighted by Gasteiger charge is 2.33. The molecule has 0 radical (unpaired) electrons. The van der Waals surface area contributed by atoms with Crippen LogP contribution < -0.4 is 9.47 Å². The number of ether oxygens (including phenoxy) is 2. The van der Waals surface area contributed by atoms with Crippen LogP contribution in [0.25, 0.3) is 0 Å². The van der Waals surface area contributed by atoms with Crippen molar-refractivity contribution in [1.29, 1.82) is 5.26 Å². The standard InChI is InChI=1S/C28H25N3O4S/c29-17-20-9-11-21(12-10-20)19-36-26-8-4-1-5-22(26)27(32)30-13-15-31(16-14-30)28(33)25-18-34-23-6-2-3-7-24(23)35-25/h1-12,25H,13-16,18-19H2/t25-/m1/s1. The van der Waals surface area contributed by atoms with Gasteiger partial charge in [-0.3, -0.25) is 9.59 Å². The van der Waals surface area contributed by atoms with E-state index in [1.165, 1.54) is 0 Å². The van der Waals surface area contributed by atoms with E-state index < -0.39 is 6.10 Å². The van der Waals surface area contributed by atoms with Gasteiger partial charge in [0.2, 0.25) is 6.10 Å². The number of thioether (sulfide) groups is 1. The minimum absolute atomic E-state index is 0.0313. The molecule has 0 saturated carbocycles. The lowest BCUT2D eigenvalue weighted by Gasteiger charge is -2.37. The van der Waals surface area contributed by atoms with Gasteiger partial charge in [-0.25, -0.2) is 0 Å². The Kier molecular flexibility index (Phi) is 7.10. The number of rotatable bonds is 5. The third kappa shape index (κ3) is 5.16. The Morgan fingerprint density at radius 2 is 1.56 bits per heavy atom. The first-order valence-electron chi connectivity index (χ1n) is 11.8. The van der Waals surface area contributed by atoms with Crippen molar-refractivity contribution >= 4 is 23.6 Å². The van der Waals surface area contributed by atoms with Crippen LogP contribution in [0.1, 0.15) is 21.5 Å². The zero-order chi connectivity index (χ0) is 24.9. The molecule has 3 aromatic carbocycles. The zero-order valence-corrected chi connectivity index (χ0v) is 20.4. The molecule has 0 aliphatic carbocycles. The van der Waals surface area contributed by atoms with E-state index in [9.17, 15) is 9.59 Å². The number of nitrogens with zero attached hydrogens (tertiary/aromatic N) is 3. The van der Waals surface area contributed by atoms with Crippen LogP contribution in [0.4, 0.5) is 0 Å². The number of amides is 2. The summed E-state index contributed by atoms with van der Waals surface area (Å²) < 4.78 is 11.6. The van der Waals surface area contributed by atoms with Crippen molar-refractivity contribution in [3.05, 3.63) is 89.5 Å². The van der Waals surface area contributed by atoms with Gasteiger partial charge in [0, 0.05) is 36.8 Å². The Labute approximate surface area is 214 Å². The smallest absolute Gasteiger partial charge is 0.267 e. The first-order valence-corrected chi connectivity index (χ1v) is 12.8. The fourth-order valence-corrected chi connectivity index (χ4v) is 5.25. The fourth-order valence-electron chi connectivity index (χ4n) is 4.25. The number of carbonyl (C=O) groups is 2. The van der Waals surface area contributed by atoms with Crippen molar-refractivity contribution in [2.75, 3.05) is 32.8 Å². The van der Waals surface area contributed by atoms with Crippen molar-refractivity contribution in [1.82, 2.24) is 9.80 Å². The molecule has 1 atom stereocenters. The van der Waals surface area contributed by atoms with Crippen LogP contribution in [0, 0.1) is 11.3 Å². The van der Waals surface area contributed by atoms with Crippen LogP contribution in [-0.4, -0.2) is 60.5 Å². The second-order valence-corrected chi connectivity index (χ2v) is 9.59. The Bertz CT molecular complexity index is 1300. The molecule has 0 unspecified atom stereocenters. The van der Waals surface area contributed by atoms with Crippen LogP contribution in [-0.2, 0) is 10.5 Å². The van der Waals surface area contributed by atoms with Crippen LogP contribution in [0.15, 0.2) is 77.7 Å². The summed E-state index contributed by atoms with van der Waals surface area (Å²) in [5, 5.41) is 8.98. The minimum Gasteiger partial charge on any atom is -0.485 e. The van der Waals surface area contributed by atoms with Gasteiger partial charge in [-0.05, 0) is 42.0 Å². The molecule has 7 nitrogen and oxygen atoms in total. The van der Waals surface area contributed by atoms with Gasteiger partial charge in [-0.1, -0.05) is 36.4 Å². The summed E-state index contributed by atoms with van der Waals surface area (Å²) in [6.07, 6.45) is -0.679. The Morgan fingerprint density at radius 1 is 0.889 bits per heavy atom. The van der Waals surface area contributed by atoms with Crippen LogP contribution in [0.5, 0.6) is 11.5 Å².